The summed E-state index contributed by atoms with van der Waals surface area (Å²) in [5.74, 6) is 1.02. The van der Waals surface area contributed by atoms with Crippen LogP contribution in [-0.2, 0) is 45.6 Å². The van der Waals surface area contributed by atoms with Crippen LogP contribution in [0.2, 0.25) is 0 Å². The molecule has 2 aromatic heterocycles. The van der Waals surface area contributed by atoms with Crippen LogP contribution in [0.3, 0.4) is 0 Å². The van der Waals surface area contributed by atoms with E-state index in [4.69, 9.17) is 5.73 Å². The molecular formula is C17H21N4O2SY-. The Morgan fingerprint density at radius 1 is 1.52 bits per heavy atom. The van der Waals surface area contributed by atoms with Crippen molar-refractivity contribution in [1.29, 1.82) is 0 Å². The zero-order valence-electron chi connectivity index (χ0n) is 14.7. The van der Waals surface area contributed by atoms with Gasteiger partial charge in [0.25, 0.3) is 0 Å². The maximum Gasteiger partial charge on any atom is 0.200 e. The van der Waals surface area contributed by atoms with Gasteiger partial charge < -0.3 is 20.6 Å². The summed E-state index contributed by atoms with van der Waals surface area (Å²) in [7, 11) is 1.92. The number of anilines is 1. The fourth-order valence-corrected chi connectivity index (χ4v) is 4.37. The average Bonchev–Trinajstić information content (AvgIpc) is 2.88. The van der Waals surface area contributed by atoms with Crippen LogP contribution in [0.15, 0.2) is 10.9 Å². The van der Waals surface area contributed by atoms with Crippen molar-refractivity contribution in [3.05, 3.63) is 43.0 Å². The van der Waals surface area contributed by atoms with E-state index in [1.807, 2.05) is 24.9 Å². The first kappa shape index (κ1) is 20.3. The van der Waals surface area contributed by atoms with Crippen molar-refractivity contribution in [2.24, 2.45) is 5.92 Å². The minimum absolute atomic E-state index is 0. The number of carbonyl (C=O) groups is 1. The van der Waals surface area contributed by atoms with E-state index >= 15 is 0 Å². The Labute approximate surface area is 176 Å². The van der Waals surface area contributed by atoms with Crippen molar-refractivity contribution in [3.8, 4) is 0 Å². The molecule has 0 aliphatic carbocycles. The molecule has 0 unspecified atom stereocenters. The van der Waals surface area contributed by atoms with Crippen molar-refractivity contribution < 1.29 is 37.5 Å². The smallest absolute Gasteiger partial charge is 0.200 e. The number of nitrogens with one attached hydrogen (secondary N) is 2. The van der Waals surface area contributed by atoms with E-state index in [0.29, 0.717) is 23.7 Å². The number of carbonyl (C=O) groups excluding carboxylic acids is 1. The Morgan fingerprint density at radius 2 is 2.24 bits per heavy atom. The second-order valence-electron chi connectivity index (χ2n) is 6.48. The van der Waals surface area contributed by atoms with Crippen molar-refractivity contribution in [2.75, 3.05) is 18.5 Å². The second-order valence-corrected chi connectivity index (χ2v) is 7.62. The number of thiophene rings is 1. The zero-order chi connectivity index (χ0) is 17.4. The molecule has 0 fully saturated rings. The van der Waals surface area contributed by atoms with Crippen molar-refractivity contribution >= 4 is 28.9 Å². The summed E-state index contributed by atoms with van der Waals surface area (Å²) >= 11 is 1.58. The Kier molecular flexibility index (Phi) is 6.57. The Bertz CT molecular complexity index is 846. The molecule has 8 heteroatoms. The number of aromatic nitrogens is 2. The van der Waals surface area contributed by atoms with Gasteiger partial charge in [-0.2, -0.15) is 0 Å². The maximum absolute atomic E-state index is 12.1. The number of ketones is 1. The van der Waals surface area contributed by atoms with Gasteiger partial charge in [0.1, 0.15) is 0 Å². The number of fused-ring (bicyclic) bond motifs is 1. The summed E-state index contributed by atoms with van der Waals surface area (Å²) in [5, 5.41) is 0. The number of Topliss-reactive ketones (excluding diaryl/α,β-unsaturated/α-hetero) is 1. The molecule has 1 atom stereocenters. The fourth-order valence-electron chi connectivity index (χ4n) is 3.28. The third-order valence-corrected chi connectivity index (χ3v) is 5.93. The standard InChI is InChI=1S/C17H22N4O2S.Y/c1-9-6-14(10(2)22)24-13(9)5-4-11-7-12-15(21(3)8-11)19-17(18)20-16(12)23;/h6,11H,4-5,7-8H2,1-3H3,(H3,18,19,20,23);/p-1/t11-;/m0./s1. The van der Waals surface area contributed by atoms with E-state index in [9.17, 15) is 9.59 Å². The van der Waals surface area contributed by atoms with Crippen molar-refractivity contribution in [2.45, 2.75) is 33.1 Å². The molecule has 3 rings (SSSR count). The number of rotatable bonds is 4. The van der Waals surface area contributed by atoms with E-state index in [-0.39, 0.29) is 50.0 Å². The zero-order valence-corrected chi connectivity index (χ0v) is 18.3. The number of hydrogen-bond acceptors (Lipinski definition) is 5. The van der Waals surface area contributed by atoms with E-state index in [2.05, 4.69) is 9.97 Å². The van der Waals surface area contributed by atoms with Crippen LogP contribution in [0.1, 0.15) is 39.0 Å². The third kappa shape index (κ3) is 4.38. The minimum atomic E-state index is -0.201. The number of aryl methyl sites for hydroxylation is 2. The van der Waals surface area contributed by atoms with E-state index in [0.717, 1.165) is 24.3 Å². The van der Waals surface area contributed by atoms with Crippen LogP contribution in [-0.4, -0.2) is 29.3 Å². The molecule has 1 radical (unpaired) electrons. The third-order valence-electron chi connectivity index (χ3n) is 4.53. The molecule has 25 heavy (non-hydrogen) atoms. The summed E-state index contributed by atoms with van der Waals surface area (Å²) in [6.07, 6.45) is 2.57. The molecule has 2 N–H and O–H groups in total. The first-order chi connectivity index (χ1) is 11.3. The summed E-state index contributed by atoms with van der Waals surface area (Å²) in [5.41, 5.74) is 9.20. The normalized spacial score (nSPS) is 16.3. The van der Waals surface area contributed by atoms with Gasteiger partial charge in [-0.25, -0.2) is 0 Å². The Hall–Kier alpha value is -1.05. The van der Waals surface area contributed by atoms with Gasteiger partial charge in [0, 0.05) is 62.7 Å². The largest absolute Gasteiger partial charge is 0.411 e. The van der Waals surface area contributed by atoms with Crippen LogP contribution in [0.4, 0.5) is 11.8 Å². The summed E-state index contributed by atoms with van der Waals surface area (Å²) < 4.78 is 0. The Balaban J connectivity index is 0.00000225. The molecule has 131 valence electrons. The monoisotopic (exact) mass is 434 g/mol. The number of aromatic amines is 1. The molecule has 2 aromatic rings. The molecule has 0 aromatic carbocycles. The van der Waals surface area contributed by atoms with Gasteiger partial charge in [-0.1, -0.05) is 0 Å². The summed E-state index contributed by atoms with van der Waals surface area (Å²) in [6, 6.07) is 1.97. The average molecular weight is 434 g/mol. The van der Waals surface area contributed by atoms with Gasteiger partial charge in [-0.05, 0) is 50.7 Å². The molecule has 0 saturated heterocycles. The summed E-state index contributed by atoms with van der Waals surface area (Å²) in [4.78, 5) is 34.3. The molecule has 0 amide bonds. The first-order valence-electron chi connectivity index (χ1n) is 8.01. The molecule has 1 aliphatic rings. The van der Waals surface area contributed by atoms with E-state index in [1.165, 1.54) is 10.4 Å². The number of H-pyrrole nitrogens is 1. The van der Waals surface area contributed by atoms with Gasteiger partial charge in [-0.3, -0.25) is 9.59 Å². The first-order valence-corrected chi connectivity index (χ1v) is 8.83. The minimum Gasteiger partial charge on any atom is -0.411 e. The summed E-state index contributed by atoms with van der Waals surface area (Å²) in [6.45, 7) is 4.47. The van der Waals surface area contributed by atoms with Crippen LogP contribution >= 0.6 is 11.3 Å². The van der Waals surface area contributed by atoms with E-state index in [1.54, 1.807) is 18.3 Å². The van der Waals surface area contributed by atoms with Crippen molar-refractivity contribution in [3.63, 3.8) is 0 Å². The van der Waals surface area contributed by atoms with Gasteiger partial charge >= 0.3 is 0 Å². The molecule has 1 aliphatic heterocycles. The topological polar surface area (TPSA) is 89.9 Å². The fraction of sp³-hybridized carbons (Fsp3) is 0.471. The second kappa shape index (κ2) is 8.10. The SMILES string of the molecule is CC(=O)c1cc(C)c(CC[C@H]2Cc3c(nc([NH-])[nH]c3=O)N(C)C2)s1.[Y]. The molecule has 6 nitrogen and oxygen atoms in total. The van der Waals surface area contributed by atoms with Gasteiger partial charge in [0.15, 0.2) is 11.3 Å². The van der Waals surface area contributed by atoms with Crippen LogP contribution in [0, 0.1) is 12.8 Å². The predicted molar refractivity (Wildman–Crippen MR) is 96.7 cm³/mol. The van der Waals surface area contributed by atoms with Crippen molar-refractivity contribution in [1.82, 2.24) is 9.97 Å². The molecule has 3 heterocycles. The van der Waals surface area contributed by atoms with E-state index < -0.39 is 0 Å². The number of hydrogen-bond donors (Lipinski definition) is 1. The Morgan fingerprint density at radius 3 is 2.88 bits per heavy atom. The maximum atomic E-state index is 12.1. The van der Waals surface area contributed by atoms with Crippen LogP contribution in [0.25, 0.3) is 5.73 Å². The molecular weight excluding hydrogens is 413 g/mol. The van der Waals surface area contributed by atoms with Crippen LogP contribution < -0.4 is 10.5 Å². The van der Waals surface area contributed by atoms with Gasteiger partial charge in [0.2, 0.25) is 0 Å². The van der Waals surface area contributed by atoms with Gasteiger partial charge in [0.05, 0.1) is 10.7 Å². The quantitative estimate of drug-likeness (QED) is 0.748. The van der Waals surface area contributed by atoms with Crippen LogP contribution in [0.5, 0.6) is 0 Å². The molecule has 0 spiro atoms. The van der Waals surface area contributed by atoms with Gasteiger partial charge in [-0.15, -0.1) is 11.3 Å². The number of nitrogens with zero attached hydrogens (tertiary/aromatic N) is 2. The molecule has 0 bridgehead atoms. The predicted octanol–water partition coefficient (Wildman–Crippen LogP) is 3.26. The molecule has 0 saturated carbocycles.